The summed E-state index contributed by atoms with van der Waals surface area (Å²) < 4.78 is 13.6. The molecule has 0 saturated heterocycles. The molecule has 0 aliphatic rings. The predicted molar refractivity (Wildman–Crippen MR) is 62.8 cm³/mol. The summed E-state index contributed by atoms with van der Waals surface area (Å²) >= 11 is 0. The van der Waals surface area contributed by atoms with Crippen molar-refractivity contribution in [3.05, 3.63) is 17.8 Å². The Morgan fingerprint density at radius 1 is 1.31 bits per heavy atom. The second-order valence-corrected chi connectivity index (χ2v) is 3.61. The second kappa shape index (κ2) is 7.11. The summed E-state index contributed by atoms with van der Waals surface area (Å²) in [4.78, 5) is 7.76. The van der Waals surface area contributed by atoms with Gasteiger partial charge < -0.3 is 11.1 Å². The maximum atomic E-state index is 13.6. The van der Waals surface area contributed by atoms with E-state index in [1.54, 1.807) is 0 Å². The Labute approximate surface area is 95.5 Å². The first-order chi connectivity index (χ1) is 7.79. The number of nitrogens with zero attached hydrogens (tertiary/aromatic N) is 2. The molecule has 0 atom stereocenters. The van der Waals surface area contributed by atoms with Gasteiger partial charge in [0.2, 0.25) is 0 Å². The largest absolute Gasteiger partial charge is 0.368 e. The zero-order chi connectivity index (χ0) is 11.8. The van der Waals surface area contributed by atoms with Crippen LogP contribution in [0.3, 0.4) is 0 Å². The summed E-state index contributed by atoms with van der Waals surface area (Å²) in [5.41, 5.74) is 5.84. The highest BCUT2D eigenvalue weighted by atomic mass is 19.1. The van der Waals surface area contributed by atoms with Crippen LogP contribution >= 0.6 is 0 Å². The highest BCUT2D eigenvalue weighted by Crippen LogP contribution is 2.13. The van der Waals surface area contributed by atoms with Crippen LogP contribution in [0.1, 0.15) is 31.9 Å². The van der Waals surface area contributed by atoms with Crippen molar-refractivity contribution in [1.82, 2.24) is 9.97 Å². The molecular weight excluding hydrogens is 207 g/mol. The van der Waals surface area contributed by atoms with Gasteiger partial charge in [-0.3, -0.25) is 0 Å². The number of halogens is 1. The van der Waals surface area contributed by atoms with Crippen LogP contribution < -0.4 is 11.1 Å². The molecule has 0 radical (unpaired) electrons. The zero-order valence-electron chi connectivity index (χ0n) is 9.67. The number of nitrogens with two attached hydrogens (primary N) is 1. The lowest BCUT2D eigenvalue weighted by atomic mass is 10.2. The summed E-state index contributed by atoms with van der Waals surface area (Å²) in [6, 6.07) is 0. The molecule has 0 saturated carbocycles. The SMILES string of the molecule is CCc1ncnc(NCCCCCN)c1F. The number of aromatic nitrogens is 2. The first-order valence-corrected chi connectivity index (χ1v) is 5.73. The van der Waals surface area contributed by atoms with E-state index in [2.05, 4.69) is 15.3 Å². The minimum atomic E-state index is -0.330. The molecule has 0 aliphatic heterocycles. The number of hydrogen-bond donors (Lipinski definition) is 2. The van der Waals surface area contributed by atoms with E-state index < -0.39 is 0 Å². The van der Waals surface area contributed by atoms with E-state index in [-0.39, 0.29) is 5.82 Å². The maximum absolute atomic E-state index is 13.6. The molecule has 0 unspecified atom stereocenters. The summed E-state index contributed by atoms with van der Waals surface area (Å²) in [5.74, 6) is -0.0246. The van der Waals surface area contributed by atoms with Gasteiger partial charge in [-0.05, 0) is 25.8 Å². The summed E-state index contributed by atoms with van der Waals surface area (Å²) in [6.07, 6.45) is 5.01. The zero-order valence-corrected chi connectivity index (χ0v) is 9.67. The Kier molecular flexibility index (Phi) is 5.71. The number of hydrogen-bond acceptors (Lipinski definition) is 4. The molecule has 90 valence electrons. The number of aryl methyl sites for hydroxylation is 1. The van der Waals surface area contributed by atoms with Crippen molar-refractivity contribution in [3.63, 3.8) is 0 Å². The van der Waals surface area contributed by atoms with Gasteiger partial charge in [-0.1, -0.05) is 13.3 Å². The third-order valence-corrected chi connectivity index (χ3v) is 2.37. The highest BCUT2D eigenvalue weighted by molar-refractivity contribution is 5.36. The Bertz CT molecular complexity index is 317. The quantitative estimate of drug-likeness (QED) is 0.695. The Balaban J connectivity index is 2.41. The third kappa shape index (κ3) is 3.73. The fourth-order valence-corrected chi connectivity index (χ4v) is 1.43. The van der Waals surface area contributed by atoms with Crippen LogP contribution in [-0.2, 0) is 6.42 Å². The molecule has 1 aromatic heterocycles. The lowest BCUT2D eigenvalue weighted by Crippen LogP contribution is -2.08. The molecular formula is C11H19FN4. The van der Waals surface area contributed by atoms with Crippen molar-refractivity contribution in [1.29, 1.82) is 0 Å². The Morgan fingerprint density at radius 2 is 2.12 bits per heavy atom. The van der Waals surface area contributed by atoms with Crippen LogP contribution in [0.4, 0.5) is 10.2 Å². The monoisotopic (exact) mass is 226 g/mol. The van der Waals surface area contributed by atoms with Crippen molar-refractivity contribution in [2.75, 3.05) is 18.4 Å². The molecule has 1 aromatic rings. The van der Waals surface area contributed by atoms with Gasteiger partial charge in [0.05, 0.1) is 5.69 Å². The standard InChI is InChI=1S/C11H19FN4/c1-2-9-10(12)11(16-8-15-9)14-7-5-3-4-6-13/h8H,2-7,13H2,1H3,(H,14,15,16). The van der Waals surface area contributed by atoms with Crippen molar-refractivity contribution in [3.8, 4) is 0 Å². The first-order valence-electron chi connectivity index (χ1n) is 5.73. The van der Waals surface area contributed by atoms with Crippen LogP contribution in [-0.4, -0.2) is 23.1 Å². The van der Waals surface area contributed by atoms with Crippen LogP contribution in [0.5, 0.6) is 0 Å². The Morgan fingerprint density at radius 3 is 2.81 bits per heavy atom. The van der Waals surface area contributed by atoms with Crippen LogP contribution in [0, 0.1) is 5.82 Å². The first kappa shape index (κ1) is 12.8. The fourth-order valence-electron chi connectivity index (χ4n) is 1.43. The van der Waals surface area contributed by atoms with Gasteiger partial charge in [0.1, 0.15) is 6.33 Å². The van der Waals surface area contributed by atoms with Crippen molar-refractivity contribution in [2.45, 2.75) is 32.6 Å². The minimum Gasteiger partial charge on any atom is -0.368 e. The molecule has 16 heavy (non-hydrogen) atoms. The van der Waals surface area contributed by atoms with Gasteiger partial charge in [0.25, 0.3) is 0 Å². The van der Waals surface area contributed by atoms with Crippen molar-refractivity contribution in [2.24, 2.45) is 5.73 Å². The predicted octanol–water partition coefficient (Wildman–Crippen LogP) is 1.72. The Hall–Kier alpha value is -1.23. The van der Waals surface area contributed by atoms with Gasteiger partial charge in [-0.25, -0.2) is 14.4 Å². The maximum Gasteiger partial charge on any atom is 0.186 e. The normalized spacial score (nSPS) is 10.4. The minimum absolute atomic E-state index is 0.305. The van der Waals surface area contributed by atoms with E-state index in [0.717, 1.165) is 25.8 Å². The molecule has 4 nitrogen and oxygen atoms in total. The molecule has 0 aromatic carbocycles. The topological polar surface area (TPSA) is 63.8 Å². The van der Waals surface area contributed by atoms with Gasteiger partial charge in [0.15, 0.2) is 11.6 Å². The van der Waals surface area contributed by atoms with Gasteiger partial charge in [0, 0.05) is 6.54 Å². The van der Waals surface area contributed by atoms with E-state index in [9.17, 15) is 4.39 Å². The van der Waals surface area contributed by atoms with E-state index >= 15 is 0 Å². The van der Waals surface area contributed by atoms with Crippen LogP contribution in [0.15, 0.2) is 6.33 Å². The number of anilines is 1. The summed E-state index contributed by atoms with van der Waals surface area (Å²) in [5, 5.41) is 2.98. The number of rotatable bonds is 7. The van der Waals surface area contributed by atoms with E-state index in [0.29, 0.717) is 24.5 Å². The van der Waals surface area contributed by atoms with E-state index in [4.69, 9.17) is 5.73 Å². The lowest BCUT2D eigenvalue weighted by Gasteiger charge is -2.07. The van der Waals surface area contributed by atoms with Crippen molar-refractivity contribution < 1.29 is 4.39 Å². The second-order valence-electron chi connectivity index (χ2n) is 3.61. The van der Waals surface area contributed by atoms with Crippen molar-refractivity contribution >= 4 is 5.82 Å². The molecule has 0 amide bonds. The average molecular weight is 226 g/mol. The molecule has 0 spiro atoms. The number of nitrogens with one attached hydrogen (secondary N) is 1. The van der Waals surface area contributed by atoms with Crippen LogP contribution in [0.25, 0.3) is 0 Å². The van der Waals surface area contributed by atoms with Crippen LogP contribution in [0.2, 0.25) is 0 Å². The lowest BCUT2D eigenvalue weighted by molar-refractivity contribution is 0.595. The molecule has 1 heterocycles. The van der Waals surface area contributed by atoms with Gasteiger partial charge in [-0.15, -0.1) is 0 Å². The third-order valence-electron chi connectivity index (χ3n) is 2.37. The summed E-state index contributed by atoms with van der Waals surface area (Å²) in [7, 11) is 0. The fraction of sp³-hybridized carbons (Fsp3) is 0.636. The smallest absolute Gasteiger partial charge is 0.186 e. The number of unbranched alkanes of at least 4 members (excludes halogenated alkanes) is 2. The van der Waals surface area contributed by atoms with Gasteiger partial charge in [-0.2, -0.15) is 0 Å². The summed E-state index contributed by atoms with van der Waals surface area (Å²) in [6.45, 7) is 3.30. The molecule has 1 rings (SSSR count). The van der Waals surface area contributed by atoms with E-state index in [1.807, 2.05) is 6.92 Å². The molecule has 0 aliphatic carbocycles. The average Bonchev–Trinajstić information content (AvgIpc) is 2.31. The highest BCUT2D eigenvalue weighted by Gasteiger charge is 2.08. The van der Waals surface area contributed by atoms with Gasteiger partial charge >= 0.3 is 0 Å². The van der Waals surface area contributed by atoms with E-state index in [1.165, 1.54) is 6.33 Å². The molecule has 0 bridgehead atoms. The molecule has 0 fully saturated rings. The molecule has 5 heteroatoms. The molecule has 3 N–H and O–H groups in total.